The standard InChI is InChI=1S/C12H23N3O3S/c1-19(17,18)15-9-5-11(6-10-15)13-12(16)14-7-3-2-4-8-14/h11H,2-10H2,1H3,(H,13,16). The van der Waals surface area contributed by atoms with E-state index in [1.54, 1.807) is 0 Å². The Morgan fingerprint density at radius 2 is 1.63 bits per heavy atom. The lowest BCUT2D eigenvalue weighted by molar-refractivity contribution is 0.177. The van der Waals surface area contributed by atoms with Crippen LogP contribution < -0.4 is 5.32 Å². The smallest absolute Gasteiger partial charge is 0.317 e. The molecule has 2 rings (SSSR count). The topological polar surface area (TPSA) is 69.7 Å². The maximum Gasteiger partial charge on any atom is 0.317 e. The number of hydrogen-bond acceptors (Lipinski definition) is 3. The van der Waals surface area contributed by atoms with Crippen LogP contribution in [0.4, 0.5) is 4.79 Å². The van der Waals surface area contributed by atoms with Gasteiger partial charge in [0.25, 0.3) is 0 Å². The first-order valence-corrected chi connectivity index (χ1v) is 8.82. The van der Waals surface area contributed by atoms with Gasteiger partial charge in [0.15, 0.2) is 0 Å². The van der Waals surface area contributed by atoms with Crippen LogP contribution in [0.25, 0.3) is 0 Å². The molecule has 2 heterocycles. The Morgan fingerprint density at radius 3 is 2.16 bits per heavy atom. The molecule has 0 atom stereocenters. The van der Waals surface area contributed by atoms with Gasteiger partial charge in [0.05, 0.1) is 6.26 Å². The minimum Gasteiger partial charge on any atom is -0.335 e. The molecule has 2 amide bonds. The highest BCUT2D eigenvalue weighted by molar-refractivity contribution is 7.88. The zero-order chi connectivity index (χ0) is 13.9. The molecule has 2 aliphatic rings. The maximum absolute atomic E-state index is 12.0. The number of urea groups is 1. The molecule has 110 valence electrons. The van der Waals surface area contributed by atoms with Crippen molar-refractivity contribution < 1.29 is 13.2 Å². The third-order valence-electron chi connectivity index (χ3n) is 3.89. The summed E-state index contributed by atoms with van der Waals surface area (Å²) in [5.74, 6) is 0. The number of hydrogen-bond donors (Lipinski definition) is 1. The van der Waals surface area contributed by atoms with Crippen molar-refractivity contribution >= 4 is 16.1 Å². The minimum absolute atomic E-state index is 0.0116. The summed E-state index contributed by atoms with van der Waals surface area (Å²) >= 11 is 0. The van der Waals surface area contributed by atoms with Gasteiger partial charge in [-0.3, -0.25) is 0 Å². The Hall–Kier alpha value is -0.820. The number of likely N-dealkylation sites (tertiary alicyclic amines) is 1. The normalized spacial score (nSPS) is 23.3. The highest BCUT2D eigenvalue weighted by Gasteiger charge is 2.27. The molecular formula is C12H23N3O3S. The van der Waals surface area contributed by atoms with E-state index in [0.29, 0.717) is 25.9 Å². The Labute approximate surface area is 115 Å². The van der Waals surface area contributed by atoms with Crippen molar-refractivity contribution in [2.24, 2.45) is 0 Å². The van der Waals surface area contributed by atoms with Crippen LogP contribution in [0.2, 0.25) is 0 Å². The van der Waals surface area contributed by atoms with Gasteiger partial charge in [-0.15, -0.1) is 0 Å². The molecule has 2 fully saturated rings. The highest BCUT2D eigenvalue weighted by atomic mass is 32.2. The number of amides is 2. The predicted octanol–water partition coefficient (Wildman–Crippen LogP) is 0.606. The average molecular weight is 289 g/mol. The second-order valence-corrected chi connectivity index (χ2v) is 7.42. The fourth-order valence-electron chi connectivity index (χ4n) is 2.69. The van der Waals surface area contributed by atoms with Gasteiger partial charge in [0.2, 0.25) is 10.0 Å². The van der Waals surface area contributed by atoms with Crippen LogP contribution in [0.3, 0.4) is 0 Å². The van der Waals surface area contributed by atoms with Gasteiger partial charge in [-0.25, -0.2) is 17.5 Å². The first-order valence-electron chi connectivity index (χ1n) is 6.97. The van der Waals surface area contributed by atoms with Gasteiger partial charge >= 0.3 is 6.03 Å². The summed E-state index contributed by atoms with van der Waals surface area (Å²) in [6.45, 7) is 2.69. The number of carbonyl (C=O) groups is 1. The minimum atomic E-state index is -3.09. The quantitative estimate of drug-likeness (QED) is 0.809. The molecule has 6 nitrogen and oxygen atoms in total. The maximum atomic E-state index is 12.0. The molecule has 0 aromatic carbocycles. The lowest BCUT2D eigenvalue weighted by Crippen LogP contribution is -2.51. The van der Waals surface area contributed by atoms with E-state index in [9.17, 15) is 13.2 Å². The Morgan fingerprint density at radius 1 is 1.05 bits per heavy atom. The van der Waals surface area contributed by atoms with E-state index in [-0.39, 0.29) is 12.1 Å². The lowest BCUT2D eigenvalue weighted by atomic mass is 10.1. The molecule has 0 saturated carbocycles. The average Bonchev–Trinajstić information content (AvgIpc) is 2.39. The third-order valence-corrected chi connectivity index (χ3v) is 5.20. The molecule has 0 spiro atoms. The molecule has 2 saturated heterocycles. The Balaban J connectivity index is 1.77. The van der Waals surface area contributed by atoms with Crippen molar-refractivity contribution in [2.45, 2.75) is 38.1 Å². The largest absolute Gasteiger partial charge is 0.335 e. The molecule has 0 radical (unpaired) electrons. The van der Waals surface area contributed by atoms with Gasteiger partial charge in [-0.1, -0.05) is 0 Å². The van der Waals surface area contributed by atoms with Gasteiger partial charge in [0.1, 0.15) is 0 Å². The van der Waals surface area contributed by atoms with Crippen LogP contribution in [0, 0.1) is 0 Å². The molecule has 0 aromatic heterocycles. The van der Waals surface area contributed by atoms with Crippen LogP contribution in [0.5, 0.6) is 0 Å². The summed E-state index contributed by atoms with van der Waals surface area (Å²) in [7, 11) is -3.09. The Bertz CT molecular complexity index is 410. The van der Waals surface area contributed by atoms with Crippen molar-refractivity contribution in [1.82, 2.24) is 14.5 Å². The third kappa shape index (κ3) is 4.07. The van der Waals surface area contributed by atoms with Crippen LogP contribution >= 0.6 is 0 Å². The molecule has 1 N–H and O–H groups in total. The van der Waals surface area contributed by atoms with E-state index >= 15 is 0 Å². The summed E-state index contributed by atoms with van der Waals surface area (Å²) in [6.07, 6.45) is 6.01. The molecule has 7 heteroatoms. The van der Waals surface area contributed by atoms with Crippen LogP contribution in [0.15, 0.2) is 0 Å². The van der Waals surface area contributed by atoms with E-state index in [0.717, 1.165) is 25.9 Å². The zero-order valence-corrected chi connectivity index (χ0v) is 12.3. The number of rotatable bonds is 2. The van der Waals surface area contributed by atoms with Crippen molar-refractivity contribution in [3.05, 3.63) is 0 Å². The van der Waals surface area contributed by atoms with E-state index in [4.69, 9.17) is 0 Å². The van der Waals surface area contributed by atoms with Crippen LogP contribution in [-0.2, 0) is 10.0 Å². The van der Waals surface area contributed by atoms with Crippen molar-refractivity contribution in [3.63, 3.8) is 0 Å². The first kappa shape index (κ1) is 14.6. The van der Waals surface area contributed by atoms with Crippen molar-refractivity contribution in [1.29, 1.82) is 0 Å². The SMILES string of the molecule is CS(=O)(=O)N1CCC(NC(=O)N2CCCCC2)CC1. The summed E-state index contributed by atoms with van der Waals surface area (Å²) < 4.78 is 24.3. The van der Waals surface area contributed by atoms with E-state index in [2.05, 4.69) is 5.32 Å². The van der Waals surface area contributed by atoms with Gasteiger partial charge in [-0.05, 0) is 32.1 Å². The number of carbonyl (C=O) groups excluding carboxylic acids is 1. The van der Waals surface area contributed by atoms with E-state index in [1.165, 1.54) is 17.0 Å². The van der Waals surface area contributed by atoms with E-state index in [1.807, 2.05) is 4.90 Å². The fraction of sp³-hybridized carbons (Fsp3) is 0.917. The van der Waals surface area contributed by atoms with Gasteiger partial charge < -0.3 is 10.2 Å². The number of piperidine rings is 2. The molecule has 0 aliphatic carbocycles. The molecule has 2 aliphatic heterocycles. The summed E-state index contributed by atoms with van der Waals surface area (Å²) in [5, 5.41) is 3.03. The predicted molar refractivity (Wildman–Crippen MR) is 73.4 cm³/mol. The van der Waals surface area contributed by atoms with Crippen molar-refractivity contribution in [3.8, 4) is 0 Å². The highest BCUT2D eigenvalue weighted by Crippen LogP contribution is 2.14. The van der Waals surface area contributed by atoms with Crippen LogP contribution in [-0.4, -0.2) is 62.1 Å². The zero-order valence-electron chi connectivity index (χ0n) is 11.5. The molecular weight excluding hydrogens is 266 g/mol. The second kappa shape index (κ2) is 6.09. The van der Waals surface area contributed by atoms with Crippen molar-refractivity contribution in [2.75, 3.05) is 32.4 Å². The summed E-state index contributed by atoms with van der Waals surface area (Å²) in [6, 6.07) is 0.116. The van der Waals surface area contributed by atoms with Gasteiger partial charge in [0, 0.05) is 32.2 Å². The summed E-state index contributed by atoms with van der Waals surface area (Å²) in [5.41, 5.74) is 0. The first-order chi connectivity index (χ1) is 8.97. The molecule has 19 heavy (non-hydrogen) atoms. The van der Waals surface area contributed by atoms with E-state index < -0.39 is 10.0 Å². The Kier molecular flexibility index (Phi) is 4.67. The monoisotopic (exact) mass is 289 g/mol. The van der Waals surface area contributed by atoms with Gasteiger partial charge in [-0.2, -0.15) is 0 Å². The number of nitrogens with zero attached hydrogens (tertiary/aromatic N) is 2. The molecule has 0 aromatic rings. The lowest BCUT2D eigenvalue weighted by Gasteiger charge is -2.33. The summed E-state index contributed by atoms with van der Waals surface area (Å²) in [4.78, 5) is 13.9. The fourth-order valence-corrected chi connectivity index (χ4v) is 3.57. The molecule has 0 unspecified atom stereocenters. The number of sulfonamides is 1. The van der Waals surface area contributed by atoms with Crippen LogP contribution in [0.1, 0.15) is 32.1 Å². The number of nitrogens with one attached hydrogen (secondary N) is 1. The molecule has 0 bridgehead atoms. The second-order valence-electron chi connectivity index (χ2n) is 5.43.